The van der Waals surface area contributed by atoms with Gasteiger partial charge < -0.3 is 9.64 Å². The first-order valence-corrected chi connectivity index (χ1v) is 7.56. The number of pyridine rings is 1. The first kappa shape index (κ1) is 16.5. The van der Waals surface area contributed by atoms with Crippen LogP contribution in [0.3, 0.4) is 0 Å². The third kappa shape index (κ3) is 5.47. The van der Waals surface area contributed by atoms with E-state index in [0.717, 1.165) is 31.9 Å². The highest BCUT2D eigenvalue weighted by molar-refractivity contribution is 5.28. The third-order valence-corrected chi connectivity index (χ3v) is 3.56. The van der Waals surface area contributed by atoms with Gasteiger partial charge in [-0.2, -0.15) is 0 Å². The zero-order valence-electron chi connectivity index (χ0n) is 13.7. The highest BCUT2D eigenvalue weighted by Crippen LogP contribution is 2.15. The summed E-state index contributed by atoms with van der Waals surface area (Å²) in [5.41, 5.74) is 2.56. The van der Waals surface area contributed by atoms with Gasteiger partial charge in [0.15, 0.2) is 0 Å². The van der Waals surface area contributed by atoms with Crippen LogP contribution in [0, 0.1) is 0 Å². The molecular weight excluding hydrogens is 274 g/mol. The normalized spacial score (nSPS) is 11.1. The minimum absolute atomic E-state index is 0.910. The van der Waals surface area contributed by atoms with Crippen molar-refractivity contribution in [1.82, 2.24) is 14.8 Å². The second-order valence-corrected chi connectivity index (χ2v) is 5.72. The maximum absolute atomic E-state index is 5.32. The van der Waals surface area contributed by atoms with Gasteiger partial charge in [0.2, 0.25) is 0 Å². The van der Waals surface area contributed by atoms with Gasteiger partial charge in [0.05, 0.1) is 7.11 Å². The summed E-state index contributed by atoms with van der Waals surface area (Å²) >= 11 is 0. The van der Waals surface area contributed by atoms with Crippen LogP contribution >= 0.6 is 0 Å². The molecule has 0 unspecified atom stereocenters. The highest BCUT2D eigenvalue weighted by Gasteiger charge is 2.08. The van der Waals surface area contributed by atoms with E-state index < -0.39 is 0 Å². The van der Waals surface area contributed by atoms with Gasteiger partial charge in [-0.3, -0.25) is 9.88 Å². The molecule has 0 saturated heterocycles. The molecule has 4 heteroatoms. The van der Waals surface area contributed by atoms with Gasteiger partial charge >= 0.3 is 0 Å². The average molecular weight is 299 g/mol. The lowest BCUT2D eigenvalue weighted by Gasteiger charge is -2.24. The van der Waals surface area contributed by atoms with Gasteiger partial charge in [-0.15, -0.1) is 0 Å². The molecular formula is C18H25N3O. The number of methoxy groups -OCH3 is 1. The van der Waals surface area contributed by atoms with E-state index in [2.05, 4.69) is 53.1 Å². The van der Waals surface area contributed by atoms with Gasteiger partial charge in [0.1, 0.15) is 5.75 Å². The van der Waals surface area contributed by atoms with Gasteiger partial charge in [0.25, 0.3) is 0 Å². The van der Waals surface area contributed by atoms with E-state index >= 15 is 0 Å². The van der Waals surface area contributed by atoms with Crippen molar-refractivity contribution in [2.24, 2.45) is 0 Å². The number of aromatic nitrogens is 1. The Labute approximate surface area is 133 Å². The Bertz CT molecular complexity index is 557. The predicted molar refractivity (Wildman–Crippen MR) is 89.9 cm³/mol. The summed E-state index contributed by atoms with van der Waals surface area (Å²) in [6, 6.07) is 12.4. The molecule has 0 amide bonds. The van der Waals surface area contributed by atoms with E-state index in [-0.39, 0.29) is 0 Å². The molecule has 0 radical (unpaired) electrons. The second kappa shape index (κ2) is 8.51. The molecule has 0 aliphatic rings. The molecule has 2 rings (SSSR count). The summed E-state index contributed by atoms with van der Waals surface area (Å²) in [5.74, 6) is 0.911. The summed E-state index contributed by atoms with van der Waals surface area (Å²) in [6.45, 7) is 3.89. The van der Waals surface area contributed by atoms with Crippen LogP contribution in [0.2, 0.25) is 0 Å². The molecule has 22 heavy (non-hydrogen) atoms. The number of hydrogen-bond acceptors (Lipinski definition) is 4. The fourth-order valence-corrected chi connectivity index (χ4v) is 2.33. The quantitative estimate of drug-likeness (QED) is 0.749. The largest absolute Gasteiger partial charge is 0.497 e. The zero-order valence-corrected chi connectivity index (χ0v) is 13.7. The Morgan fingerprint density at radius 2 is 1.68 bits per heavy atom. The van der Waals surface area contributed by atoms with E-state index in [1.165, 1.54) is 11.1 Å². The van der Waals surface area contributed by atoms with Crippen molar-refractivity contribution in [3.05, 3.63) is 59.9 Å². The molecule has 0 atom stereocenters. The monoisotopic (exact) mass is 299 g/mol. The van der Waals surface area contributed by atoms with E-state index in [0.29, 0.717) is 0 Å². The number of benzene rings is 1. The molecule has 1 aromatic heterocycles. The van der Waals surface area contributed by atoms with Gasteiger partial charge in [-0.1, -0.05) is 12.1 Å². The molecule has 0 aliphatic carbocycles. The maximum Gasteiger partial charge on any atom is 0.119 e. The summed E-state index contributed by atoms with van der Waals surface area (Å²) in [6.07, 6.45) is 3.70. The summed E-state index contributed by atoms with van der Waals surface area (Å²) in [5, 5.41) is 0. The van der Waals surface area contributed by atoms with Crippen LogP contribution in [-0.4, -0.2) is 49.1 Å². The Hall–Kier alpha value is -1.91. The number of rotatable bonds is 8. The van der Waals surface area contributed by atoms with E-state index in [1.807, 2.05) is 24.5 Å². The van der Waals surface area contributed by atoms with Crippen LogP contribution in [0.5, 0.6) is 5.75 Å². The first-order chi connectivity index (χ1) is 10.7. The van der Waals surface area contributed by atoms with Crippen molar-refractivity contribution in [2.45, 2.75) is 13.1 Å². The summed E-state index contributed by atoms with van der Waals surface area (Å²) in [7, 11) is 5.92. The molecule has 0 spiro atoms. The second-order valence-electron chi connectivity index (χ2n) is 5.72. The van der Waals surface area contributed by atoms with Crippen LogP contribution in [-0.2, 0) is 13.1 Å². The van der Waals surface area contributed by atoms with Crippen molar-refractivity contribution in [1.29, 1.82) is 0 Å². The fourth-order valence-electron chi connectivity index (χ4n) is 2.33. The predicted octanol–water partition coefficient (Wildman–Crippen LogP) is 2.65. The average Bonchev–Trinajstić information content (AvgIpc) is 2.54. The maximum atomic E-state index is 5.32. The van der Waals surface area contributed by atoms with Crippen molar-refractivity contribution in [2.75, 3.05) is 34.3 Å². The lowest BCUT2D eigenvalue weighted by molar-refractivity contribution is 0.226. The van der Waals surface area contributed by atoms with Crippen LogP contribution in [0.4, 0.5) is 0 Å². The molecule has 0 bridgehead atoms. The van der Waals surface area contributed by atoms with Crippen molar-refractivity contribution < 1.29 is 4.74 Å². The van der Waals surface area contributed by atoms with Crippen LogP contribution in [0.15, 0.2) is 48.8 Å². The molecule has 1 heterocycles. The van der Waals surface area contributed by atoms with Gasteiger partial charge in [-0.25, -0.2) is 0 Å². The Morgan fingerprint density at radius 1 is 0.955 bits per heavy atom. The fraction of sp³-hybridized carbons (Fsp3) is 0.389. The lowest BCUT2D eigenvalue weighted by atomic mass is 10.1. The third-order valence-electron chi connectivity index (χ3n) is 3.56. The number of ether oxygens (including phenoxy) is 1. The van der Waals surface area contributed by atoms with Crippen molar-refractivity contribution in [3.63, 3.8) is 0 Å². The summed E-state index contributed by atoms with van der Waals surface area (Å²) in [4.78, 5) is 8.75. The van der Waals surface area contributed by atoms with Crippen LogP contribution in [0.1, 0.15) is 11.1 Å². The molecule has 2 aromatic rings. The van der Waals surface area contributed by atoms with Crippen molar-refractivity contribution >= 4 is 0 Å². The molecule has 0 N–H and O–H groups in total. The lowest BCUT2D eigenvalue weighted by Crippen LogP contribution is -2.31. The zero-order chi connectivity index (χ0) is 15.8. The number of likely N-dealkylation sites (N-methyl/N-ethyl adjacent to an activating group) is 1. The molecule has 0 fully saturated rings. The summed E-state index contributed by atoms with van der Waals surface area (Å²) < 4.78 is 5.32. The van der Waals surface area contributed by atoms with Crippen LogP contribution in [0.25, 0.3) is 0 Å². The molecule has 1 aromatic carbocycles. The number of nitrogens with zero attached hydrogens (tertiary/aromatic N) is 3. The molecule has 0 aliphatic heterocycles. The number of hydrogen-bond donors (Lipinski definition) is 0. The molecule has 118 valence electrons. The highest BCUT2D eigenvalue weighted by atomic mass is 16.5. The topological polar surface area (TPSA) is 28.6 Å². The Balaban J connectivity index is 2.05. The molecule has 0 saturated carbocycles. The minimum Gasteiger partial charge on any atom is -0.497 e. The van der Waals surface area contributed by atoms with Gasteiger partial charge in [0, 0.05) is 38.6 Å². The SMILES string of the molecule is COc1cccc(CN(CCN(C)C)Cc2ccncc2)c1. The molecule has 4 nitrogen and oxygen atoms in total. The Morgan fingerprint density at radius 3 is 2.36 bits per heavy atom. The van der Waals surface area contributed by atoms with E-state index in [4.69, 9.17) is 4.74 Å². The smallest absolute Gasteiger partial charge is 0.119 e. The van der Waals surface area contributed by atoms with Crippen LogP contribution < -0.4 is 4.74 Å². The van der Waals surface area contributed by atoms with Gasteiger partial charge in [-0.05, 0) is 49.5 Å². The standard InChI is InChI=1S/C18H25N3O/c1-20(2)11-12-21(14-16-7-9-19-10-8-16)15-17-5-4-6-18(13-17)22-3/h4-10,13H,11-12,14-15H2,1-3H3. The van der Waals surface area contributed by atoms with Crippen molar-refractivity contribution in [3.8, 4) is 5.75 Å². The van der Waals surface area contributed by atoms with E-state index in [9.17, 15) is 0 Å². The minimum atomic E-state index is 0.910. The Kier molecular flexibility index (Phi) is 6.37. The van der Waals surface area contributed by atoms with E-state index in [1.54, 1.807) is 7.11 Å². The first-order valence-electron chi connectivity index (χ1n) is 7.56.